The van der Waals surface area contributed by atoms with Gasteiger partial charge < -0.3 is 12.4 Å². The standard InChI is InChI=1S/C11H23.ClH.HI/c1-3-5-7-9-11-10-8-6-4-2;;/h1,3-11H2,2H3;2*1H/q+1;;/p-1. The van der Waals surface area contributed by atoms with E-state index in [0.717, 1.165) is 6.42 Å². The van der Waals surface area contributed by atoms with Crippen molar-refractivity contribution in [2.75, 3.05) is 0 Å². The fourth-order valence-corrected chi connectivity index (χ4v) is 1.31. The van der Waals surface area contributed by atoms with E-state index in [1.54, 1.807) is 0 Å². The van der Waals surface area contributed by atoms with Gasteiger partial charge in [-0.1, -0.05) is 45.4 Å². The van der Waals surface area contributed by atoms with Crippen molar-refractivity contribution in [2.24, 2.45) is 0 Å². The van der Waals surface area contributed by atoms with Gasteiger partial charge in [0.2, 0.25) is 0 Å². The molecule has 0 radical (unpaired) electrons. The van der Waals surface area contributed by atoms with Crippen molar-refractivity contribution in [3.63, 3.8) is 0 Å². The lowest BCUT2D eigenvalue weighted by molar-refractivity contribution is -0.00000260. The molecule has 0 heterocycles. The van der Waals surface area contributed by atoms with Crippen LogP contribution in [0.3, 0.4) is 0 Å². The molecule has 0 saturated carbocycles. The van der Waals surface area contributed by atoms with E-state index in [4.69, 9.17) is 0 Å². The van der Waals surface area contributed by atoms with Crippen molar-refractivity contribution in [3.8, 4) is 0 Å². The van der Waals surface area contributed by atoms with E-state index in [9.17, 15) is 0 Å². The van der Waals surface area contributed by atoms with Crippen LogP contribution in [0.25, 0.3) is 0 Å². The van der Waals surface area contributed by atoms with Gasteiger partial charge in [-0.3, -0.25) is 0 Å². The van der Waals surface area contributed by atoms with Crippen molar-refractivity contribution in [2.45, 2.75) is 64.7 Å². The van der Waals surface area contributed by atoms with Gasteiger partial charge in [-0.15, -0.1) is 24.0 Å². The molecule has 13 heavy (non-hydrogen) atoms. The van der Waals surface area contributed by atoms with Crippen molar-refractivity contribution < 1.29 is 12.4 Å². The molecule has 82 valence electrons. The maximum absolute atomic E-state index is 3.83. The predicted octanol–water partition coefficient (Wildman–Crippen LogP) is 1.97. The molecule has 0 saturated heterocycles. The molecule has 0 aromatic carbocycles. The number of rotatable bonds is 8. The zero-order chi connectivity index (χ0) is 8.36. The van der Waals surface area contributed by atoms with Crippen LogP contribution in [0.5, 0.6) is 0 Å². The Hall–Kier alpha value is 0.890. The molecule has 0 nitrogen and oxygen atoms in total. The molecule has 0 unspecified atom stereocenters. The third-order valence-electron chi connectivity index (χ3n) is 2.10. The van der Waals surface area contributed by atoms with Gasteiger partial charge in [0, 0.05) is 0 Å². The average molecular weight is 319 g/mol. The summed E-state index contributed by atoms with van der Waals surface area (Å²) in [5, 5.41) is 0. The predicted molar refractivity (Wildman–Crippen MR) is 68.0 cm³/mol. The highest BCUT2D eigenvalue weighted by atomic mass is 127. The second kappa shape index (κ2) is 18.6. The van der Waals surface area contributed by atoms with E-state index >= 15 is 0 Å². The van der Waals surface area contributed by atoms with Crippen molar-refractivity contribution >= 4 is 24.0 Å². The molecule has 2 heteroatoms. The highest BCUT2D eigenvalue weighted by molar-refractivity contribution is 14.0. The molecular weight excluding hydrogens is 294 g/mol. The van der Waals surface area contributed by atoms with Gasteiger partial charge in [-0.05, 0) is 12.8 Å². The number of hydrogen-bond acceptors (Lipinski definition) is 0. The first-order chi connectivity index (χ1) is 5.41. The van der Waals surface area contributed by atoms with Crippen LogP contribution in [0.1, 0.15) is 64.7 Å². The lowest BCUT2D eigenvalue weighted by Crippen LogP contribution is -3.00. The Bertz CT molecular complexity index is 59.1. The van der Waals surface area contributed by atoms with Crippen LogP contribution in [0.15, 0.2) is 0 Å². The third kappa shape index (κ3) is 19.3. The lowest BCUT2D eigenvalue weighted by atomic mass is 10.1. The topological polar surface area (TPSA) is 0 Å². The smallest absolute Gasteiger partial charge is 0.0850 e. The van der Waals surface area contributed by atoms with Gasteiger partial charge >= 0.3 is 0 Å². The minimum absolute atomic E-state index is 0. The molecule has 0 spiro atoms. The van der Waals surface area contributed by atoms with Crippen molar-refractivity contribution in [1.82, 2.24) is 0 Å². The summed E-state index contributed by atoms with van der Waals surface area (Å²) in [4.78, 5) is 0. The Labute approximate surface area is 108 Å². The number of unbranched alkanes of at least 4 members (excludes halogenated alkanes) is 8. The summed E-state index contributed by atoms with van der Waals surface area (Å²) in [6, 6.07) is 0. The van der Waals surface area contributed by atoms with E-state index in [-0.39, 0.29) is 36.4 Å². The largest absolute Gasteiger partial charge is 1.00 e. The van der Waals surface area contributed by atoms with Gasteiger partial charge in [0.1, 0.15) is 0 Å². The summed E-state index contributed by atoms with van der Waals surface area (Å²) >= 11 is 0. The van der Waals surface area contributed by atoms with Crippen LogP contribution in [-0.2, 0) is 0 Å². The summed E-state index contributed by atoms with van der Waals surface area (Å²) in [7, 11) is 0. The van der Waals surface area contributed by atoms with Gasteiger partial charge in [0.05, 0.1) is 13.3 Å². The Balaban J connectivity index is -0.000000500. The van der Waals surface area contributed by atoms with Gasteiger partial charge in [-0.25, -0.2) is 0 Å². The molecule has 0 fully saturated rings. The third-order valence-corrected chi connectivity index (χ3v) is 2.10. The molecule has 0 rings (SSSR count). The molecule has 0 aromatic heterocycles. The zero-order valence-corrected chi connectivity index (χ0v) is 11.9. The Morgan fingerprint density at radius 2 is 1.15 bits per heavy atom. The van der Waals surface area contributed by atoms with E-state index in [2.05, 4.69) is 13.8 Å². The summed E-state index contributed by atoms with van der Waals surface area (Å²) < 4.78 is 0. The Kier molecular flexibility index (Phi) is 27.9. The first-order valence-corrected chi connectivity index (χ1v) is 5.21. The van der Waals surface area contributed by atoms with Crippen LogP contribution in [0.2, 0.25) is 0 Å². The van der Waals surface area contributed by atoms with E-state index in [0.29, 0.717) is 0 Å². The summed E-state index contributed by atoms with van der Waals surface area (Å²) in [5.41, 5.74) is 0. The normalized spacial score (nSPS) is 8.69. The maximum atomic E-state index is 3.83. The SMILES string of the molecule is I.[CH2+]CCCCCCCCCC.[Cl-]. The lowest BCUT2D eigenvalue weighted by Gasteiger charge is -1.98. The van der Waals surface area contributed by atoms with Gasteiger partial charge in [0.25, 0.3) is 0 Å². The summed E-state index contributed by atoms with van der Waals surface area (Å²) in [6.07, 6.45) is 12.4. The van der Waals surface area contributed by atoms with E-state index in [1.807, 2.05) is 0 Å². The fourth-order valence-electron chi connectivity index (χ4n) is 1.31. The van der Waals surface area contributed by atoms with Crippen molar-refractivity contribution in [3.05, 3.63) is 6.92 Å². The molecule has 0 aliphatic carbocycles. The maximum Gasteiger partial charge on any atom is 0.0850 e. The molecular formula is C11H24ClI. The molecule has 0 atom stereocenters. The highest BCUT2D eigenvalue weighted by Gasteiger charge is 1.90. The van der Waals surface area contributed by atoms with Crippen LogP contribution >= 0.6 is 24.0 Å². The molecule has 0 N–H and O–H groups in total. The van der Waals surface area contributed by atoms with E-state index < -0.39 is 0 Å². The van der Waals surface area contributed by atoms with Crippen LogP contribution in [0.4, 0.5) is 0 Å². The number of halogens is 2. The minimum atomic E-state index is 0. The quantitative estimate of drug-likeness (QED) is 0.365. The molecule has 0 amide bonds. The first-order valence-electron chi connectivity index (χ1n) is 5.21. The summed E-state index contributed by atoms with van der Waals surface area (Å²) in [5.74, 6) is 0. The van der Waals surface area contributed by atoms with Gasteiger partial charge in [-0.2, -0.15) is 0 Å². The number of hydrogen-bond donors (Lipinski definition) is 0. The van der Waals surface area contributed by atoms with Crippen LogP contribution in [-0.4, -0.2) is 0 Å². The summed E-state index contributed by atoms with van der Waals surface area (Å²) in [6.45, 7) is 6.10. The Morgan fingerprint density at radius 1 is 0.769 bits per heavy atom. The molecule has 0 aliphatic heterocycles. The first kappa shape index (κ1) is 19.5. The molecule has 0 bridgehead atoms. The second-order valence-corrected chi connectivity index (χ2v) is 3.33. The highest BCUT2D eigenvalue weighted by Crippen LogP contribution is 2.08. The zero-order valence-electron chi connectivity index (χ0n) is 8.86. The average Bonchev–Trinajstić information content (AvgIpc) is 2.03. The van der Waals surface area contributed by atoms with E-state index in [1.165, 1.54) is 51.4 Å². The fraction of sp³-hybridized carbons (Fsp3) is 0.909. The Morgan fingerprint density at radius 3 is 1.54 bits per heavy atom. The monoisotopic (exact) mass is 318 g/mol. The van der Waals surface area contributed by atoms with Crippen LogP contribution < -0.4 is 12.4 Å². The second-order valence-electron chi connectivity index (χ2n) is 3.33. The molecule has 0 aliphatic rings. The molecule has 0 aromatic rings. The van der Waals surface area contributed by atoms with Gasteiger partial charge in [0.15, 0.2) is 0 Å². The van der Waals surface area contributed by atoms with Crippen molar-refractivity contribution in [1.29, 1.82) is 0 Å². The van der Waals surface area contributed by atoms with Crippen LogP contribution in [0, 0.1) is 6.92 Å². The minimum Gasteiger partial charge on any atom is -1.00 e.